The van der Waals surface area contributed by atoms with Crippen LogP contribution in [0.5, 0.6) is 34.5 Å². The Morgan fingerprint density at radius 2 is 1.26 bits per heavy atom. The molecular formula is C107H113ClF6N12O16S3. The number of sulfone groups is 1. The fraction of sp³-hybridized carbons (Fsp3) is 0.336. The SMILES string of the molecule is CC(C)(C)c1noc(COc2ccc(C(=O)c3ccc(F)cc3)cc2)n1.CCOc1cc(CN(C(=O)CCc2nc(-c3ccsc3)no2)C2CC2)ccc1OC(C)F.CCSC1CCCCC1NCc1nc(-c2ccc(OC(F)F)c(OC)c2)co1.CCc1noc(CS(=O)(=O)C(c2ccc(F)cc2)c2ccc(F)cc2)n1.OC(CCOc1ccccc1Cl)CNC(Cc1ccccc1)c1nc(-c2ccccc2)no1. The van der Waals surface area contributed by atoms with Crippen LogP contribution in [0.4, 0.5) is 26.3 Å². The molecule has 3 N–H and O–H groups in total. The van der Waals surface area contributed by atoms with E-state index in [9.17, 15) is 49.5 Å². The Balaban J connectivity index is 0.000000152. The van der Waals surface area contributed by atoms with Gasteiger partial charge in [-0.05, 0) is 194 Å². The Hall–Kier alpha value is -13.6. The van der Waals surface area contributed by atoms with Gasteiger partial charge in [-0.25, -0.2) is 31.0 Å². The molecule has 5 unspecified atom stereocenters. The van der Waals surface area contributed by atoms with Crippen molar-refractivity contribution >= 4 is 56.2 Å². The number of hydrogen-bond donors (Lipinski definition) is 3. The monoisotopic (exact) mass is 2070 g/mol. The molecule has 2 aliphatic rings. The van der Waals surface area contributed by atoms with Crippen LogP contribution in [0.1, 0.15) is 190 Å². The number of rotatable bonds is 42. The molecule has 0 aliphatic heterocycles. The standard InChI is InChI=1S/C26H26ClN3O3.C23H26FN3O4S.C20H26F2N2O3S.C20H19FN2O3.C18H16F2N2O3S/c27-22-13-7-8-14-24(22)32-16-15-21(31)18-28-23(17-19-9-3-1-4-10-19)26-29-25(30-33-26)20-11-5-2-6-12-20;1-3-29-20-12-16(4-7-19(20)30-15(2)24)13-27(18-5-6-18)22(28)9-8-21-25-23(26-31-21)17-10-11-32-14-17;1-3-28-18-7-5-4-6-14(18)23-11-19-24-15(12-26-19)13-8-9-16(27-20(21)22)17(10-13)25-2;1-20(2,3)19-22-17(26-23-19)12-25-16-10-6-14(7-11-16)18(24)13-4-8-15(21)9-5-13;1-2-16-21-17(25-22-16)11-26(23,24)18(12-3-7-14(19)8-4-12)13-5-9-15(20)10-6-13/h1-14,21,23,28,31H,15-18H2;4,7,10-12,14-15,18H,3,5-6,8-9,13H2,1-2H3;8-10,12,14,18,20,23H,3-7,11H2,1-2H3;4-11H,12H2,1-3H3;3-10,18H,2,11H2,1H3. The number of nitrogens with one attached hydrogen (secondary N) is 2. The Morgan fingerprint density at radius 3 is 1.90 bits per heavy atom. The number of aliphatic hydroxyl groups excluding tert-OH is 1. The molecule has 17 rings (SSSR count). The van der Waals surface area contributed by atoms with Crippen LogP contribution in [0.3, 0.4) is 0 Å². The van der Waals surface area contributed by atoms with Gasteiger partial charge in [0.1, 0.15) is 51.9 Å². The number of ketones is 1. The number of thioether (sulfide) groups is 1. The molecule has 28 nitrogen and oxygen atoms in total. The summed E-state index contributed by atoms with van der Waals surface area (Å²) in [6.45, 7) is 12.6. The lowest BCUT2D eigenvalue weighted by Gasteiger charge is -2.31. The van der Waals surface area contributed by atoms with Crippen LogP contribution in [0, 0.1) is 17.5 Å². The van der Waals surface area contributed by atoms with E-state index in [0.29, 0.717) is 185 Å². The molecule has 1 amide bonds. The third-order valence-electron chi connectivity index (χ3n) is 22.7. The molecule has 6 aromatic heterocycles. The van der Waals surface area contributed by atoms with Crippen LogP contribution in [0.25, 0.3) is 34.0 Å². The van der Waals surface area contributed by atoms with Crippen LogP contribution < -0.4 is 39.1 Å². The number of benzene rings is 9. The average Bonchev–Trinajstić information content (AvgIpc) is 1.69. The molecule has 0 radical (unpaired) electrons. The van der Waals surface area contributed by atoms with E-state index in [1.54, 1.807) is 66.1 Å². The molecule has 145 heavy (non-hydrogen) atoms. The lowest BCUT2D eigenvalue weighted by Crippen LogP contribution is -2.40. The van der Waals surface area contributed by atoms with Crippen molar-refractivity contribution in [2.75, 3.05) is 32.6 Å². The van der Waals surface area contributed by atoms with Crippen LogP contribution >= 0.6 is 34.7 Å². The zero-order valence-electron chi connectivity index (χ0n) is 81.1. The summed E-state index contributed by atoms with van der Waals surface area (Å²) in [4.78, 5) is 49.1. The van der Waals surface area contributed by atoms with Gasteiger partial charge in [0, 0.05) is 102 Å². The molecule has 0 spiro atoms. The number of thiophene rings is 1. The maximum Gasteiger partial charge on any atom is 0.387 e. The number of carbonyl (C=O) groups is 2. The number of aliphatic hydroxyl groups is 1. The van der Waals surface area contributed by atoms with Crippen LogP contribution in [-0.2, 0) is 64.8 Å². The van der Waals surface area contributed by atoms with Crippen molar-refractivity contribution < 1.29 is 100 Å². The molecule has 9 aromatic carbocycles. The summed E-state index contributed by atoms with van der Waals surface area (Å²) in [5.41, 5.74) is 6.66. The van der Waals surface area contributed by atoms with Crippen LogP contribution in [0.2, 0.25) is 5.02 Å². The van der Waals surface area contributed by atoms with Crippen LogP contribution in [-0.4, -0.2) is 145 Å². The zero-order chi connectivity index (χ0) is 103. The van der Waals surface area contributed by atoms with E-state index in [1.807, 2.05) is 147 Å². The summed E-state index contributed by atoms with van der Waals surface area (Å²) in [6.07, 6.45) is 8.79. The number of para-hydroxylation sites is 1. The second-order valence-corrected chi connectivity index (χ2v) is 39.4. The first-order valence-corrected chi connectivity index (χ1v) is 51.4. The number of aromatic nitrogens is 9. The number of halogens is 7. The highest BCUT2D eigenvalue weighted by molar-refractivity contribution is 7.99. The first-order valence-electron chi connectivity index (χ1n) is 47.3. The average molecular weight is 2070 g/mol. The normalized spacial score (nSPS) is 14.1. The second kappa shape index (κ2) is 53.9. The lowest BCUT2D eigenvalue weighted by atomic mass is 9.95. The molecule has 15 aromatic rings. The number of carbonyl (C=O) groups excluding carboxylic acids is 2. The zero-order valence-corrected chi connectivity index (χ0v) is 84.3. The van der Waals surface area contributed by atoms with Gasteiger partial charge in [-0.2, -0.15) is 51.8 Å². The van der Waals surface area contributed by atoms with Gasteiger partial charge in [0.25, 0.3) is 5.89 Å². The van der Waals surface area contributed by atoms with Crippen molar-refractivity contribution in [2.45, 2.75) is 198 Å². The van der Waals surface area contributed by atoms with E-state index >= 15 is 0 Å². The number of hydrogen-bond acceptors (Lipinski definition) is 29. The minimum atomic E-state index is -3.84. The number of alkyl halides is 3. The first-order chi connectivity index (χ1) is 70.0. The third-order valence-corrected chi connectivity index (χ3v) is 26.9. The summed E-state index contributed by atoms with van der Waals surface area (Å²) in [7, 11) is -2.44. The van der Waals surface area contributed by atoms with Gasteiger partial charge in [0.2, 0.25) is 47.5 Å². The Kier molecular flexibility index (Phi) is 40.4. The summed E-state index contributed by atoms with van der Waals surface area (Å²) in [6, 6.07) is 62.0. The highest BCUT2D eigenvalue weighted by atomic mass is 35.5. The van der Waals surface area contributed by atoms with Gasteiger partial charge < -0.3 is 71.6 Å². The molecule has 38 heteroatoms. The lowest BCUT2D eigenvalue weighted by molar-refractivity contribution is -0.132. The van der Waals surface area contributed by atoms with Crippen molar-refractivity contribution in [3.63, 3.8) is 0 Å². The van der Waals surface area contributed by atoms with Gasteiger partial charge in [-0.1, -0.05) is 183 Å². The number of aryl methyl sites for hydroxylation is 2. The summed E-state index contributed by atoms with van der Waals surface area (Å²) in [5, 5.41) is 37.2. The highest BCUT2D eigenvalue weighted by Crippen LogP contribution is 2.39. The predicted octanol–water partition coefficient (Wildman–Crippen LogP) is 23.1. The third kappa shape index (κ3) is 33.2. The van der Waals surface area contributed by atoms with Crippen molar-refractivity contribution in [3.8, 4) is 68.5 Å². The van der Waals surface area contributed by atoms with Gasteiger partial charge in [0.15, 0.2) is 56.9 Å². The minimum absolute atomic E-state index is 0.0107. The molecule has 6 heterocycles. The molecule has 2 fully saturated rings. The predicted molar refractivity (Wildman–Crippen MR) is 537 cm³/mol. The Morgan fingerprint density at radius 1 is 0.621 bits per heavy atom. The summed E-state index contributed by atoms with van der Waals surface area (Å²) in [5.74, 6) is 5.45. The number of ether oxygens (including phenoxy) is 6. The largest absolute Gasteiger partial charge is 0.493 e. The maximum absolute atomic E-state index is 13.3. The van der Waals surface area contributed by atoms with Crippen LogP contribution in [0.15, 0.2) is 264 Å². The van der Waals surface area contributed by atoms with E-state index in [-0.39, 0.29) is 59.0 Å². The fourth-order valence-electron chi connectivity index (χ4n) is 15.2. The molecule has 764 valence electrons. The molecule has 5 atom stereocenters. The summed E-state index contributed by atoms with van der Waals surface area (Å²) >= 11 is 9.69. The number of amides is 1. The number of oxazole rings is 1. The molecular weight excluding hydrogens is 1950 g/mol. The smallest absolute Gasteiger partial charge is 0.387 e. The Labute approximate surface area is 849 Å². The topological polar surface area (TPSA) is 353 Å². The quantitative estimate of drug-likeness (QED) is 0.0236. The van der Waals surface area contributed by atoms with E-state index < -0.39 is 51.5 Å². The maximum atomic E-state index is 13.3. The first kappa shape index (κ1) is 109. The number of nitrogens with zero attached hydrogens (tertiary/aromatic N) is 10. The van der Waals surface area contributed by atoms with Crippen molar-refractivity contribution in [2.24, 2.45) is 0 Å². The molecule has 2 saturated carbocycles. The number of methoxy groups -OCH3 is 1. The highest BCUT2D eigenvalue weighted by Gasteiger charge is 2.35. The van der Waals surface area contributed by atoms with Gasteiger partial charge >= 0.3 is 6.61 Å². The van der Waals surface area contributed by atoms with Gasteiger partial charge in [0.05, 0.1) is 44.0 Å². The fourth-order valence-corrected chi connectivity index (χ4v) is 19.0. The molecule has 0 bridgehead atoms. The van der Waals surface area contributed by atoms with Gasteiger partial charge in [-0.3, -0.25) is 9.59 Å². The Bertz CT molecular complexity index is 6580. The second-order valence-electron chi connectivity index (χ2n) is 34.6. The van der Waals surface area contributed by atoms with Crippen molar-refractivity contribution in [1.82, 2.24) is 61.1 Å². The van der Waals surface area contributed by atoms with E-state index in [0.717, 1.165) is 40.8 Å². The van der Waals surface area contributed by atoms with Crippen molar-refractivity contribution in [3.05, 3.63) is 338 Å². The van der Waals surface area contributed by atoms with E-state index in [4.69, 9.17) is 57.8 Å². The van der Waals surface area contributed by atoms with Gasteiger partial charge in [-0.15, -0.1) is 0 Å². The molecule has 2 aliphatic carbocycles. The van der Waals surface area contributed by atoms with E-state index in [2.05, 4.69) is 80.0 Å². The summed E-state index contributed by atoms with van der Waals surface area (Å²) < 4.78 is 162. The van der Waals surface area contributed by atoms with E-state index in [1.165, 1.54) is 119 Å². The minimum Gasteiger partial charge on any atom is -0.493 e. The van der Waals surface area contributed by atoms with Crippen molar-refractivity contribution in [1.29, 1.82) is 0 Å². The molecule has 0 saturated heterocycles.